The number of rotatable bonds is 6. The van der Waals surface area contributed by atoms with Crippen LogP contribution < -0.4 is 5.32 Å². The standard InChI is InChI=1S/C33H39N5O4/c1-35-22-31(40)37-29(18-23-14-16-27(39)17-15-23)32(41)36(20-26-12-7-11-25-10-5-6-13-28(25)26)21-30(37)38(35)33(42)34-19-24-8-3-2-4-9-24/h5-7,10-17,24,29-30,39H,2-4,8-9,18-22H2,1H3,(H,34,42)/t29-,30?/m0/s1. The van der Waals surface area contributed by atoms with E-state index in [1.807, 2.05) is 24.3 Å². The lowest BCUT2D eigenvalue weighted by Gasteiger charge is -2.54. The maximum atomic E-state index is 14.2. The van der Waals surface area contributed by atoms with Gasteiger partial charge in [0.2, 0.25) is 11.8 Å². The molecule has 1 unspecified atom stereocenters. The summed E-state index contributed by atoms with van der Waals surface area (Å²) < 4.78 is 0. The third kappa shape index (κ3) is 5.66. The normalized spacial score (nSPS) is 22.0. The van der Waals surface area contributed by atoms with Crippen molar-refractivity contribution in [2.45, 2.75) is 57.3 Å². The molecule has 2 heterocycles. The van der Waals surface area contributed by atoms with Gasteiger partial charge in [-0.05, 0) is 52.8 Å². The number of benzene rings is 3. The second kappa shape index (κ2) is 12.0. The van der Waals surface area contributed by atoms with Crippen molar-refractivity contribution < 1.29 is 19.5 Å². The first-order valence-electron chi connectivity index (χ1n) is 15.0. The Bertz CT molecular complexity index is 1450. The summed E-state index contributed by atoms with van der Waals surface area (Å²) >= 11 is 0. The molecule has 3 aromatic carbocycles. The number of urea groups is 1. The van der Waals surface area contributed by atoms with Crippen LogP contribution in [-0.2, 0) is 22.6 Å². The van der Waals surface area contributed by atoms with Crippen molar-refractivity contribution in [2.24, 2.45) is 5.92 Å². The average Bonchev–Trinajstić information content (AvgIpc) is 2.99. The predicted octanol–water partition coefficient (Wildman–Crippen LogP) is 4.11. The van der Waals surface area contributed by atoms with Crippen LogP contribution in [0.5, 0.6) is 5.75 Å². The summed E-state index contributed by atoms with van der Waals surface area (Å²) in [6.45, 7) is 1.20. The van der Waals surface area contributed by atoms with Gasteiger partial charge in [0.25, 0.3) is 0 Å². The number of fused-ring (bicyclic) bond motifs is 2. The van der Waals surface area contributed by atoms with E-state index in [4.69, 9.17) is 0 Å². The van der Waals surface area contributed by atoms with Crippen LogP contribution in [-0.4, -0.2) is 81.7 Å². The van der Waals surface area contributed by atoms with E-state index in [2.05, 4.69) is 23.5 Å². The van der Waals surface area contributed by atoms with E-state index in [1.54, 1.807) is 51.1 Å². The monoisotopic (exact) mass is 569 g/mol. The van der Waals surface area contributed by atoms with E-state index >= 15 is 0 Å². The first-order chi connectivity index (χ1) is 20.4. The summed E-state index contributed by atoms with van der Waals surface area (Å²) in [5.74, 6) is 0.280. The van der Waals surface area contributed by atoms with Crippen molar-refractivity contribution in [2.75, 3.05) is 26.7 Å². The minimum Gasteiger partial charge on any atom is -0.508 e. The fourth-order valence-electron chi connectivity index (χ4n) is 6.84. The third-order valence-corrected chi connectivity index (χ3v) is 9.02. The van der Waals surface area contributed by atoms with Crippen LogP contribution in [0, 0.1) is 5.92 Å². The Kier molecular flexibility index (Phi) is 8.02. The number of likely N-dealkylation sites (N-methyl/N-ethyl adjacent to an activating group) is 1. The van der Waals surface area contributed by atoms with E-state index in [0.29, 0.717) is 19.0 Å². The van der Waals surface area contributed by atoms with E-state index in [9.17, 15) is 19.5 Å². The number of hydrogen-bond acceptors (Lipinski definition) is 5. The Morgan fingerprint density at radius 2 is 1.69 bits per heavy atom. The van der Waals surface area contributed by atoms with Gasteiger partial charge in [0, 0.05) is 26.6 Å². The summed E-state index contributed by atoms with van der Waals surface area (Å²) in [5.41, 5.74) is 1.85. The molecule has 1 aliphatic carbocycles. The molecule has 0 radical (unpaired) electrons. The van der Waals surface area contributed by atoms with Crippen LogP contribution in [0.2, 0.25) is 0 Å². The Hall–Kier alpha value is -4.11. The van der Waals surface area contributed by atoms with Gasteiger partial charge in [-0.2, -0.15) is 0 Å². The Labute approximate surface area is 246 Å². The number of phenols is 1. The number of amides is 4. The third-order valence-electron chi connectivity index (χ3n) is 9.02. The Balaban J connectivity index is 1.32. The molecule has 3 fully saturated rings. The molecule has 4 amide bonds. The van der Waals surface area contributed by atoms with Gasteiger partial charge in [0.1, 0.15) is 18.0 Å². The molecule has 42 heavy (non-hydrogen) atoms. The first kappa shape index (κ1) is 28.0. The van der Waals surface area contributed by atoms with Crippen molar-refractivity contribution >= 4 is 28.6 Å². The smallest absolute Gasteiger partial charge is 0.333 e. The van der Waals surface area contributed by atoms with Gasteiger partial charge < -0.3 is 20.2 Å². The fourth-order valence-corrected chi connectivity index (χ4v) is 6.84. The van der Waals surface area contributed by atoms with Gasteiger partial charge >= 0.3 is 6.03 Å². The van der Waals surface area contributed by atoms with Gasteiger partial charge in [-0.3, -0.25) is 9.59 Å². The van der Waals surface area contributed by atoms with E-state index in [-0.39, 0.29) is 43.1 Å². The first-order valence-corrected chi connectivity index (χ1v) is 15.0. The highest BCUT2D eigenvalue weighted by molar-refractivity contribution is 5.92. The molecule has 3 aliphatic rings. The predicted molar refractivity (Wildman–Crippen MR) is 160 cm³/mol. The maximum absolute atomic E-state index is 14.2. The molecule has 9 nitrogen and oxygen atoms in total. The van der Waals surface area contributed by atoms with Crippen LogP contribution in [0.4, 0.5) is 4.79 Å². The number of carbonyl (C=O) groups is 3. The zero-order valence-corrected chi connectivity index (χ0v) is 24.1. The zero-order valence-electron chi connectivity index (χ0n) is 24.1. The number of carbonyl (C=O) groups excluding carboxylic acids is 3. The minimum atomic E-state index is -0.780. The second-order valence-electron chi connectivity index (χ2n) is 11.9. The quantitative estimate of drug-likeness (QED) is 0.466. The van der Waals surface area contributed by atoms with Crippen molar-refractivity contribution in [3.8, 4) is 5.75 Å². The zero-order chi connectivity index (χ0) is 29.2. The molecular weight excluding hydrogens is 530 g/mol. The molecule has 2 saturated heterocycles. The van der Waals surface area contributed by atoms with Crippen LogP contribution in [0.15, 0.2) is 66.7 Å². The number of hydrogen-bond donors (Lipinski definition) is 2. The Morgan fingerprint density at radius 3 is 2.48 bits per heavy atom. The Morgan fingerprint density at radius 1 is 0.952 bits per heavy atom. The molecule has 220 valence electrons. The lowest BCUT2D eigenvalue weighted by Crippen LogP contribution is -2.76. The van der Waals surface area contributed by atoms with Crippen molar-refractivity contribution in [3.05, 3.63) is 77.9 Å². The van der Waals surface area contributed by atoms with Crippen LogP contribution in [0.25, 0.3) is 10.8 Å². The van der Waals surface area contributed by atoms with E-state index < -0.39 is 12.2 Å². The topological polar surface area (TPSA) is 96.4 Å². The lowest BCUT2D eigenvalue weighted by molar-refractivity contribution is -0.187. The van der Waals surface area contributed by atoms with Crippen LogP contribution in [0.1, 0.15) is 43.2 Å². The number of piperazine rings is 1. The van der Waals surface area contributed by atoms with Crippen molar-refractivity contribution in [1.82, 2.24) is 25.1 Å². The van der Waals surface area contributed by atoms with Gasteiger partial charge in [0.05, 0.1) is 13.1 Å². The number of phenolic OH excluding ortho intramolecular Hbond substituents is 1. The fraction of sp³-hybridized carbons (Fsp3) is 0.424. The van der Waals surface area contributed by atoms with Crippen LogP contribution in [0.3, 0.4) is 0 Å². The summed E-state index contributed by atoms with van der Waals surface area (Å²) in [6, 6.07) is 19.9. The number of hydrazine groups is 1. The SMILES string of the molecule is CN1CC(=O)N2C(CN(Cc3cccc4ccccc34)C(=O)[C@@H]2Cc2ccc(O)cc2)N1C(=O)NCC1CCCCC1. The maximum Gasteiger partial charge on any atom is 0.333 e. The van der Waals surface area contributed by atoms with Crippen molar-refractivity contribution in [3.63, 3.8) is 0 Å². The number of nitrogens with one attached hydrogen (secondary N) is 1. The van der Waals surface area contributed by atoms with Crippen LogP contribution >= 0.6 is 0 Å². The molecule has 0 spiro atoms. The molecule has 2 N–H and O–H groups in total. The van der Waals surface area contributed by atoms with Crippen molar-refractivity contribution in [1.29, 1.82) is 0 Å². The molecule has 3 aromatic rings. The summed E-state index contributed by atoms with van der Waals surface area (Å²) in [4.78, 5) is 44.9. The summed E-state index contributed by atoms with van der Waals surface area (Å²) in [5, 5.41) is 18.4. The summed E-state index contributed by atoms with van der Waals surface area (Å²) in [7, 11) is 1.76. The molecule has 2 aliphatic heterocycles. The van der Waals surface area contributed by atoms with Gasteiger partial charge in [-0.25, -0.2) is 14.8 Å². The summed E-state index contributed by atoms with van der Waals surface area (Å²) in [6.07, 6.45) is 5.52. The number of nitrogens with zero attached hydrogens (tertiary/aromatic N) is 4. The van der Waals surface area contributed by atoms with Gasteiger partial charge in [0.15, 0.2) is 0 Å². The molecule has 6 rings (SSSR count). The van der Waals surface area contributed by atoms with E-state index in [1.165, 1.54) is 19.3 Å². The molecule has 1 saturated carbocycles. The highest BCUT2D eigenvalue weighted by atomic mass is 16.3. The number of aromatic hydroxyl groups is 1. The molecule has 0 bridgehead atoms. The molecule has 0 aromatic heterocycles. The average molecular weight is 570 g/mol. The highest BCUT2D eigenvalue weighted by Crippen LogP contribution is 2.30. The molecular formula is C33H39N5O4. The highest BCUT2D eigenvalue weighted by Gasteiger charge is 2.50. The van der Waals surface area contributed by atoms with Gasteiger partial charge in [-0.1, -0.05) is 73.9 Å². The lowest BCUT2D eigenvalue weighted by atomic mass is 9.89. The second-order valence-corrected chi connectivity index (χ2v) is 11.9. The molecule has 9 heteroatoms. The van der Waals surface area contributed by atoms with E-state index in [0.717, 1.165) is 34.7 Å². The van der Waals surface area contributed by atoms with Gasteiger partial charge in [-0.15, -0.1) is 0 Å². The largest absolute Gasteiger partial charge is 0.508 e. The minimum absolute atomic E-state index is 0.00995. The molecule has 2 atom stereocenters.